The van der Waals surface area contributed by atoms with Crippen molar-refractivity contribution in [2.75, 3.05) is 19.5 Å². The number of anilines is 1. The third-order valence-electron chi connectivity index (χ3n) is 4.11. The SMILES string of the molecule is COc1ccc(NC(=O)c2ccccc2OCc2ccccc2Cl)cc1OC. The zero-order valence-corrected chi connectivity index (χ0v) is 16.3. The molecule has 0 saturated carbocycles. The average molecular weight is 398 g/mol. The first-order valence-corrected chi connectivity index (χ1v) is 8.98. The van der Waals surface area contributed by atoms with Crippen molar-refractivity contribution in [3.63, 3.8) is 0 Å². The fourth-order valence-electron chi connectivity index (χ4n) is 2.66. The van der Waals surface area contributed by atoms with Gasteiger partial charge in [0.2, 0.25) is 0 Å². The molecule has 6 heteroatoms. The minimum atomic E-state index is -0.290. The number of hydrogen-bond donors (Lipinski definition) is 1. The molecule has 0 aliphatic heterocycles. The minimum absolute atomic E-state index is 0.264. The number of methoxy groups -OCH3 is 2. The summed E-state index contributed by atoms with van der Waals surface area (Å²) in [5.74, 6) is 1.30. The molecule has 1 N–H and O–H groups in total. The monoisotopic (exact) mass is 397 g/mol. The van der Waals surface area contributed by atoms with E-state index in [0.717, 1.165) is 5.56 Å². The highest BCUT2D eigenvalue weighted by Gasteiger charge is 2.14. The summed E-state index contributed by atoms with van der Waals surface area (Å²) in [6, 6.07) is 19.7. The second kappa shape index (κ2) is 9.15. The van der Waals surface area contributed by atoms with Crippen molar-refractivity contribution in [2.45, 2.75) is 6.61 Å². The Bertz CT molecular complexity index is 974. The molecule has 0 radical (unpaired) electrons. The largest absolute Gasteiger partial charge is 0.493 e. The Hall–Kier alpha value is -3.18. The van der Waals surface area contributed by atoms with Gasteiger partial charge in [0.1, 0.15) is 12.4 Å². The molecule has 3 aromatic rings. The predicted molar refractivity (Wildman–Crippen MR) is 110 cm³/mol. The zero-order valence-electron chi connectivity index (χ0n) is 15.6. The summed E-state index contributed by atoms with van der Waals surface area (Å²) in [4.78, 5) is 12.8. The van der Waals surface area contributed by atoms with Crippen molar-refractivity contribution in [2.24, 2.45) is 0 Å². The molecule has 0 aliphatic rings. The van der Waals surface area contributed by atoms with Crippen LogP contribution in [0.4, 0.5) is 5.69 Å². The Balaban J connectivity index is 1.76. The van der Waals surface area contributed by atoms with Gasteiger partial charge in [0.15, 0.2) is 11.5 Å². The lowest BCUT2D eigenvalue weighted by molar-refractivity contribution is 0.102. The maximum absolute atomic E-state index is 12.8. The molecule has 28 heavy (non-hydrogen) atoms. The maximum Gasteiger partial charge on any atom is 0.259 e. The topological polar surface area (TPSA) is 56.8 Å². The molecule has 0 aromatic heterocycles. The molecule has 0 saturated heterocycles. The van der Waals surface area contributed by atoms with Gasteiger partial charge in [-0.2, -0.15) is 0 Å². The highest BCUT2D eigenvalue weighted by molar-refractivity contribution is 6.31. The number of carbonyl (C=O) groups is 1. The number of halogens is 1. The molecule has 0 spiro atoms. The van der Waals surface area contributed by atoms with Crippen LogP contribution in [-0.4, -0.2) is 20.1 Å². The normalized spacial score (nSPS) is 10.2. The number of amides is 1. The van der Waals surface area contributed by atoms with Gasteiger partial charge in [-0.3, -0.25) is 4.79 Å². The Morgan fingerprint density at radius 1 is 0.893 bits per heavy atom. The van der Waals surface area contributed by atoms with E-state index >= 15 is 0 Å². The standard InChI is InChI=1S/C22H20ClNO4/c1-26-20-12-11-16(13-21(20)27-2)24-22(25)17-8-4-6-10-19(17)28-14-15-7-3-5-9-18(15)23/h3-13H,14H2,1-2H3,(H,24,25). The quantitative estimate of drug-likeness (QED) is 0.596. The van der Waals surface area contributed by atoms with Crippen LogP contribution in [0.1, 0.15) is 15.9 Å². The van der Waals surface area contributed by atoms with Gasteiger partial charge >= 0.3 is 0 Å². The smallest absolute Gasteiger partial charge is 0.259 e. The summed E-state index contributed by atoms with van der Waals surface area (Å²) < 4.78 is 16.3. The molecule has 1 amide bonds. The van der Waals surface area contributed by atoms with Crippen LogP contribution in [0.25, 0.3) is 0 Å². The second-order valence-corrected chi connectivity index (χ2v) is 6.31. The number of hydrogen-bond acceptors (Lipinski definition) is 4. The molecule has 0 bridgehead atoms. The Morgan fingerprint density at radius 2 is 1.61 bits per heavy atom. The van der Waals surface area contributed by atoms with E-state index in [1.807, 2.05) is 24.3 Å². The van der Waals surface area contributed by atoms with Gasteiger partial charge in [-0.05, 0) is 30.3 Å². The summed E-state index contributed by atoms with van der Waals surface area (Å²) in [7, 11) is 3.10. The van der Waals surface area contributed by atoms with E-state index in [2.05, 4.69) is 5.32 Å². The number of nitrogens with one attached hydrogen (secondary N) is 1. The number of benzene rings is 3. The van der Waals surface area contributed by atoms with Crippen LogP contribution >= 0.6 is 11.6 Å². The zero-order chi connectivity index (χ0) is 19.9. The molecule has 5 nitrogen and oxygen atoms in total. The summed E-state index contributed by atoms with van der Waals surface area (Å²) in [5, 5.41) is 3.47. The number of ether oxygens (including phenoxy) is 3. The van der Waals surface area contributed by atoms with Gasteiger partial charge in [0.05, 0.1) is 19.8 Å². The minimum Gasteiger partial charge on any atom is -0.493 e. The van der Waals surface area contributed by atoms with Crippen molar-refractivity contribution in [1.29, 1.82) is 0 Å². The Kier molecular flexibility index (Phi) is 6.40. The van der Waals surface area contributed by atoms with Gasteiger partial charge < -0.3 is 19.5 Å². The first kappa shape index (κ1) is 19.6. The molecule has 3 rings (SSSR count). The summed E-state index contributed by atoms with van der Waals surface area (Å²) in [5.41, 5.74) is 1.85. The van der Waals surface area contributed by atoms with E-state index in [-0.39, 0.29) is 12.5 Å². The first-order valence-electron chi connectivity index (χ1n) is 8.61. The molecule has 0 fully saturated rings. The van der Waals surface area contributed by atoms with Gasteiger partial charge in [0, 0.05) is 22.3 Å². The highest BCUT2D eigenvalue weighted by Crippen LogP contribution is 2.30. The molecule has 144 valence electrons. The fourth-order valence-corrected chi connectivity index (χ4v) is 2.85. The summed E-state index contributed by atoms with van der Waals surface area (Å²) in [6.07, 6.45) is 0. The molecular weight excluding hydrogens is 378 g/mol. The molecular formula is C22H20ClNO4. The first-order chi connectivity index (χ1) is 13.6. The summed E-state index contributed by atoms with van der Waals surface area (Å²) in [6.45, 7) is 0.264. The molecule has 0 heterocycles. The van der Waals surface area contributed by atoms with Crippen LogP contribution in [0.5, 0.6) is 17.2 Å². The van der Waals surface area contributed by atoms with Crippen LogP contribution in [0.15, 0.2) is 66.7 Å². The third kappa shape index (κ3) is 4.56. The second-order valence-electron chi connectivity index (χ2n) is 5.90. The van der Waals surface area contributed by atoms with Crippen molar-refractivity contribution < 1.29 is 19.0 Å². The Labute approximate surface area is 168 Å². The Morgan fingerprint density at radius 3 is 2.36 bits per heavy atom. The van der Waals surface area contributed by atoms with Crippen LogP contribution in [0.2, 0.25) is 5.02 Å². The van der Waals surface area contributed by atoms with Crippen molar-refractivity contribution >= 4 is 23.2 Å². The van der Waals surface area contributed by atoms with E-state index < -0.39 is 0 Å². The molecule has 0 aliphatic carbocycles. The van der Waals surface area contributed by atoms with Gasteiger partial charge in [-0.1, -0.05) is 41.9 Å². The maximum atomic E-state index is 12.8. The molecule has 0 unspecified atom stereocenters. The lowest BCUT2D eigenvalue weighted by Gasteiger charge is -2.13. The van der Waals surface area contributed by atoms with E-state index in [4.69, 9.17) is 25.8 Å². The lowest BCUT2D eigenvalue weighted by Crippen LogP contribution is -2.13. The van der Waals surface area contributed by atoms with Crippen molar-refractivity contribution in [3.8, 4) is 17.2 Å². The lowest BCUT2D eigenvalue weighted by atomic mass is 10.1. The average Bonchev–Trinajstić information content (AvgIpc) is 2.73. The highest BCUT2D eigenvalue weighted by atomic mass is 35.5. The van der Waals surface area contributed by atoms with E-state index in [9.17, 15) is 4.79 Å². The summed E-state index contributed by atoms with van der Waals surface area (Å²) >= 11 is 6.17. The molecule has 3 aromatic carbocycles. The van der Waals surface area contributed by atoms with Crippen molar-refractivity contribution in [1.82, 2.24) is 0 Å². The van der Waals surface area contributed by atoms with E-state index in [1.54, 1.807) is 56.7 Å². The van der Waals surface area contributed by atoms with Crippen LogP contribution in [-0.2, 0) is 6.61 Å². The van der Waals surface area contributed by atoms with Crippen molar-refractivity contribution in [3.05, 3.63) is 82.9 Å². The van der Waals surface area contributed by atoms with Crippen LogP contribution < -0.4 is 19.5 Å². The number of rotatable bonds is 7. The van der Waals surface area contributed by atoms with Crippen LogP contribution in [0.3, 0.4) is 0 Å². The van der Waals surface area contributed by atoms with E-state index in [1.165, 1.54) is 0 Å². The number of para-hydroxylation sites is 1. The van der Waals surface area contributed by atoms with E-state index in [0.29, 0.717) is 33.5 Å². The van der Waals surface area contributed by atoms with Crippen LogP contribution in [0, 0.1) is 0 Å². The van der Waals surface area contributed by atoms with Gasteiger partial charge in [0.25, 0.3) is 5.91 Å². The van der Waals surface area contributed by atoms with Gasteiger partial charge in [-0.15, -0.1) is 0 Å². The third-order valence-corrected chi connectivity index (χ3v) is 4.48. The predicted octanol–water partition coefficient (Wildman–Crippen LogP) is 5.19. The molecule has 0 atom stereocenters. The fraction of sp³-hybridized carbons (Fsp3) is 0.136. The number of carbonyl (C=O) groups excluding carboxylic acids is 1. The van der Waals surface area contributed by atoms with Gasteiger partial charge in [-0.25, -0.2) is 0 Å².